The Morgan fingerprint density at radius 3 is 2.35 bits per heavy atom. The van der Waals surface area contributed by atoms with Gasteiger partial charge in [0.1, 0.15) is 0 Å². The van der Waals surface area contributed by atoms with Crippen LogP contribution in [-0.4, -0.2) is 35.1 Å². The van der Waals surface area contributed by atoms with Crippen molar-refractivity contribution in [3.63, 3.8) is 0 Å². The maximum Gasteiger partial charge on any atom is 0.328 e. The summed E-state index contributed by atoms with van der Waals surface area (Å²) in [4.78, 5) is 13.7. The van der Waals surface area contributed by atoms with E-state index in [9.17, 15) is 9.90 Å². The largest absolute Gasteiger partial charge is 0.478 e. The Hall–Kier alpha value is -1.61. The van der Waals surface area contributed by atoms with Crippen molar-refractivity contribution in [2.75, 3.05) is 7.05 Å². The summed E-state index contributed by atoms with van der Waals surface area (Å²) >= 11 is 0. The molecule has 0 aliphatic carbocycles. The van der Waals surface area contributed by atoms with E-state index in [-0.39, 0.29) is 0 Å². The van der Waals surface area contributed by atoms with Crippen LogP contribution in [0.3, 0.4) is 0 Å². The first kappa shape index (κ1) is 13.4. The average molecular weight is 271 g/mol. The molecule has 2 unspecified atom stereocenters. The first-order valence-corrected chi connectivity index (χ1v) is 7.37. The van der Waals surface area contributed by atoms with E-state index in [2.05, 4.69) is 11.9 Å². The van der Waals surface area contributed by atoms with Crippen LogP contribution in [0.15, 0.2) is 36.4 Å². The predicted molar refractivity (Wildman–Crippen MR) is 79.4 cm³/mol. The van der Waals surface area contributed by atoms with Gasteiger partial charge in [0.2, 0.25) is 0 Å². The van der Waals surface area contributed by atoms with Gasteiger partial charge in [-0.15, -0.1) is 0 Å². The average Bonchev–Trinajstić information content (AvgIpc) is 2.67. The van der Waals surface area contributed by atoms with Crippen molar-refractivity contribution >= 4 is 11.5 Å². The van der Waals surface area contributed by atoms with Gasteiger partial charge >= 0.3 is 5.97 Å². The van der Waals surface area contributed by atoms with Crippen molar-refractivity contribution in [3.8, 4) is 0 Å². The van der Waals surface area contributed by atoms with E-state index in [1.165, 1.54) is 18.9 Å². The molecule has 0 amide bonds. The first-order chi connectivity index (χ1) is 9.65. The normalized spacial score (nSPS) is 30.4. The van der Waals surface area contributed by atoms with Gasteiger partial charge in [0.05, 0.1) is 0 Å². The quantitative estimate of drug-likeness (QED) is 0.859. The van der Waals surface area contributed by atoms with Crippen molar-refractivity contribution < 1.29 is 9.90 Å². The van der Waals surface area contributed by atoms with Gasteiger partial charge in [-0.3, -0.25) is 0 Å². The van der Waals surface area contributed by atoms with Crippen LogP contribution in [0.2, 0.25) is 0 Å². The van der Waals surface area contributed by atoms with Crippen molar-refractivity contribution in [2.24, 2.45) is 5.92 Å². The third-order valence-corrected chi connectivity index (χ3v) is 4.92. The molecule has 2 bridgehead atoms. The molecular weight excluding hydrogens is 250 g/mol. The fraction of sp³-hybridized carbons (Fsp3) is 0.471. The molecule has 1 N–H and O–H groups in total. The molecule has 3 rings (SSSR count). The standard InChI is InChI=1S/C17H21NO2/c1-18-14-7-8-15(18)10-13(9-14)16(11-17(19)20)12-5-3-2-4-6-12/h2-6,11,13-15H,7-10H2,1H3,(H,19,20)/b16-11-. The highest BCUT2D eigenvalue weighted by Crippen LogP contribution is 2.42. The molecule has 2 fully saturated rings. The Morgan fingerprint density at radius 1 is 1.20 bits per heavy atom. The zero-order valence-corrected chi connectivity index (χ0v) is 11.8. The highest BCUT2D eigenvalue weighted by atomic mass is 16.4. The number of carboxylic acid groups (broad SMARTS) is 1. The lowest BCUT2D eigenvalue weighted by atomic mass is 9.81. The minimum Gasteiger partial charge on any atom is -0.478 e. The first-order valence-electron chi connectivity index (χ1n) is 7.37. The summed E-state index contributed by atoms with van der Waals surface area (Å²) in [6.45, 7) is 0. The molecule has 0 aromatic heterocycles. The van der Waals surface area contributed by atoms with Crippen LogP contribution in [0, 0.1) is 5.92 Å². The summed E-state index contributed by atoms with van der Waals surface area (Å²) in [6, 6.07) is 11.2. The lowest BCUT2D eigenvalue weighted by Gasteiger charge is -2.37. The summed E-state index contributed by atoms with van der Waals surface area (Å²) in [7, 11) is 2.21. The molecule has 3 nitrogen and oxygen atoms in total. The molecule has 0 saturated carbocycles. The highest BCUT2D eigenvalue weighted by Gasteiger charge is 2.39. The zero-order valence-electron chi connectivity index (χ0n) is 11.8. The van der Waals surface area contributed by atoms with Gasteiger partial charge in [-0.1, -0.05) is 30.3 Å². The third kappa shape index (κ3) is 2.50. The summed E-state index contributed by atoms with van der Waals surface area (Å²) < 4.78 is 0. The number of benzene rings is 1. The molecule has 0 spiro atoms. The number of piperidine rings is 1. The Bertz CT molecular complexity index is 509. The summed E-state index contributed by atoms with van der Waals surface area (Å²) in [5.41, 5.74) is 2.06. The van der Waals surface area contributed by atoms with Crippen LogP contribution in [0.5, 0.6) is 0 Å². The van der Waals surface area contributed by atoms with Crippen LogP contribution >= 0.6 is 0 Å². The van der Waals surface area contributed by atoms with Crippen molar-refractivity contribution in [1.29, 1.82) is 0 Å². The van der Waals surface area contributed by atoms with Crippen molar-refractivity contribution in [1.82, 2.24) is 4.90 Å². The molecule has 1 aromatic rings. The van der Waals surface area contributed by atoms with E-state index in [0.29, 0.717) is 18.0 Å². The molecule has 2 saturated heterocycles. The predicted octanol–water partition coefficient (Wildman–Crippen LogP) is 3.03. The number of hydrogen-bond acceptors (Lipinski definition) is 2. The van der Waals surface area contributed by atoms with Crippen LogP contribution in [0.1, 0.15) is 31.2 Å². The van der Waals surface area contributed by atoms with Gasteiger partial charge in [0.15, 0.2) is 0 Å². The second-order valence-electron chi connectivity index (χ2n) is 6.02. The number of fused-ring (bicyclic) bond motifs is 2. The minimum absolute atomic E-state index is 0.377. The summed E-state index contributed by atoms with van der Waals surface area (Å²) in [5.74, 6) is -0.461. The lowest BCUT2D eigenvalue weighted by Crippen LogP contribution is -2.40. The molecular formula is C17H21NO2. The van der Waals surface area contributed by atoms with E-state index in [4.69, 9.17) is 0 Å². The number of aliphatic carboxylic acids is 1. The smallest absolute Gasteiger partial charge is 0.328 e. The number of carboxylic acids is 1. The van der Waals surface area contributed by atoms with Crippen LogP contribution < -0.4 is 0 Å². The molecule has 2 heterocycles. The highest BCUT2D eigenvalue weighted by molar-refractivity contribution is 5.90. The molecule has 1 aromatic carbocycles. The van der Waals surface area contributed by atoms with Crippen LogP contribution in [0.4, 0.5) is 0 Å². The van der Waals surface area contributed by atoms with E-state index >= 15 is 0 Å². The van der Waals surface area contributed by atoms with Crippen LogP contribution in [-0.2, 0) is 4.79 Å². The topological polar surface area (TPSA) is 40.5 Å². The molecule has 106 valence electrons. The molecule has 20 heavy (non-hydrogen) atoms. The number of rotatable bonds is 3. The molecule has 2 aliphatic rings. The van der Waals surface area contributed by atoms with Gasteiger partial charge in [0.25, 0.3) is 0 Å². The van der Waals surface area contributed by atoms with Gasteiger partial charge < -0.3 is 10.0 Å². The molecule has 0 radical (unpaired) electrons. The third-order valence-electron chi connectivity index (χ3n) is 4.92. The minimum atomic E-state index is -0.838. The van der Waals surface area contributed by atoms with Crippen molar-refractivity contribution in [3.05, 3.63) is 42.0 Å². The van der Waals surface area contributed by atoms with Gasteiger partial charge in [-0.2, -0.15) is 0 Å². The van der Waals surface area contributed by atoms with Crippen molar-refractivity contribution in [2.45, 2.75) is 37.8 Å². The second-order valence-corrected chi connectivity index (χ2v) is 6.02. The van der Waals surface area contributed by atoms with Gasteiger partial charge in [0, 0.05) is 18.2 Å². The zero-order chi connectivity index (χ0) is 14.1. The van der Waals surface area contributed by atoms with Crippen LogP contribution in [0.25, 0.3) is 5.57 Å². The molecule has 2 aliphatic heterocycles. The summed E-state index contributed by atoms with van der Waals surface area (Å²) in [5, 5.41) is 9.19. The Labute approximate surface area is 119 Å². The van der Waals surface area contributed by atoms with Gasteiger partial charge in [-0.05, 0) is 49.8 Å². The number of carbonyl (C=O) groups is 1. The second kappa shape index (κ2) is 5.41. The number of nitrogens with zero attached hydrogens (tertiary/aromatic N) is 1. The SMILES string of the molecule is CN1C2CCC1CC(/C(=C\C(=O)O)c1ccccc1)C2. The Balaban J connectivity index is 1.90. The number of allylic oxidation sites excluding steroid dienone is 1. The fourth-order valence-corrected chi connectivity index (χ4v) is 3.87. The maximum atomic E-state index is 11.2. The van der Waals surface area contributed by atoms with E-state index in [1.54, 1.807) is 0 Å². The lowest BCUT2D eigenvalue weighted by molar-refractivity contribution is -0.131. The number of hydrogen-bond donors (Lipinski definition) is 1. The van der Waals surface area contributed by atoms with E-state index in [1.807, 2.05) is 30.3 Å². The Kier molecular flexibility index (Phi) is 3.62. The maximum absolute atomic E-state index is 11.2. The summed E-state index contributed by atoms with van der Waals surface area (Å²) in [6.07, 6.45) is 6.10. The monoisotopic (exact) mass is 271 g/mol. The van der Waals surface area contributed by atoms with Gasteiger partial charge in [-0.25, -0.2) is 4.79 Å². The Morgan fingerprint density at radius 2 is 1.80 bits per heavy atom. The van der Waals surface area contributed by atoms with E-state index in [0.717, 1.165) is 24.0 Å². The molecule has 3 heteroatoms. The molecule has 2 atom stereocenters. The fourth-order valence-electron chi connectivity index (χ4n) is 3.87. The van der Waals surface area contributed by atoms with E-state index < -0.39 is 5.97 Å².